The molecular formula is C21H16F2N4OS2. The van der Waals surface area contributed by atoms with Crippen LogP contribution in [-0.4, -0.2) is 26.4 Å². The molecule has 30 heavy (non-hydrogen) atoms. The fraction of sp³-hybridized carbons (Fsp3) is 0.0952. The van der Waals surface area contributed by atoms with Gasteiger partial charge in [0, 0.05) is 6.07 Å². The number of nitrogens with one attached hydrogen (secondary N) is 1. The molecule has 152 valence electrons. The minimum Gasteiger partial charge on any atom is -0.323 e. The first-order chi connectivity index (χ1) is 14.6. The summed E-state index contributed by atoms with van der Waals surface area (Å²) in [5.74, 6) is -1.21. The normalized spacial score (nSPS) is 10.9. The molecule has 4 aromatic rings. The Kier molecular flexibility index (Phi) is 6.20. The van der Waals surface area contributed by atoms with E-state index in [0.29, 0.717) is 11.7 Å². The Bertz CT molecular complexity index is 1150. The lowest BCUT2D eigenvalue weighted by Gasteiger charge is -2.10. The number of benzene rings is 2. The second-order valence-electron chi connectivity index (χ2n) is 6.32. The van der Waals surface area contributed by atoms with Crippen molar-refractivity contribution in [1.82, 2.24) is 14.8 Å². The standard InChI is InChI=1S/C21H16F2N4OS2/c22-15-8-9-17(16(23)11-15)24-19(28)13-30-21-26-25-20(18-7-4-10-29-18)27(21)12-14-5-2-1-3-6-14/h1-11H,12-13H2,(H,24,28). The van der Waals surface area contributed by atoms with E-state index in [1.807, 2.05) is 52.4 Å². The van der Waals surface area contributed by atoms with Gasteiger partial charge in [-0.25, -0.2) is 8.78 Å². The van der Waals surface area contributed by atoms with Crippen LogP contribution in [0.1, 0.15) is 5.56 Å². The summed E-state index contributed by atoms with van der Waals surface area (Å²) in [6.07, 6.45) is 0. The van der Waals surface area contributed by atoms with Gasteiger partial charge in [0.15, 0.2) is 11.0 Å². The maximum atomic E-state index is 13.8. The van der Waals surface area contributed by atoms with Crippen molar-refractivity contribution in [3.63, 3.8) is 0 Å². The van der Waals surface area contributed by atoms with Crippen LogP contribution in [0, 0.1) is 11.6 Å². The van der Waals surface area contributed by atoms with E-state index in [2.05, 4.69) is 15.5 Å². The van der Waals surface area contributed by atoms with Gasteiger partial charge in [0.05, 0.1) is 22.9 Å². The summed E-state index contributed by atoms with van der Waals surface area (Å²) < 4.78 is 28.7. The second-order valence-corrected chi connectivity index (χ2v) is 8.21. The number of hydrogen-bond donors (Lipinski definition) is 1. The van der Waals surface area contributed by atoms with Crippen LogP contribution in [0.15, 0.2) is 71.2 Å². The first kappa shape index (κ1) is 20.2. The molecule has 4 rings (SSSR count). The van der Waals surface area contributed by atoms with Gasteiger partial charge in [-0.15, -0.1) is 21.5 Å². The molecule has 0 spiro atoms. The number of aromatic nitrogens is 3. The molecule has 0 bridgehead atoms. The Morgan fingerprint density at radius 2 is 1.90 bits per heavy atom. The lowest BCUT2D eigenvalue weighted by Crippen LogP contribution is -2.16. The average molecular weight is 443 g/mol. The molecule has 2 aromatic carbocycles. The molecule has 0 unspecified atom stereocenters. The fourth-order valence-electron chi connectivity index (χ4n) is 2.80. The second kappa shape index (κ2) is 9.19. The van der Waals surface area contributed by atoms with Crippen LogP contribution in [0.25, 0.3) is 10.7 Å². The Labute approximate surface area is 179 Å². The fourth-order valence-corrected chi connectivity index (χ4v) is 4.25. The zero-order chi connectivity index (χ0) is 20.9. The number of carbonyl (C=O) groups excluding carboxylic acids is 1. The van der Waals surface area contributed by atoms with Crippen molar-refractivity contribution >= 4 is 34.7 Å². The highest BCUT2D eigenvalue weighted by molar-refractivity contribution is 7.99. The van der Waals surface area contributed by atoms with Gasteiger partial charge in [0.25, 0.3) is 0 Å². The smallest absolute Gasteiger partial charge is 0.234 e. The van der Waals surface area contributed by atoms with Crippen LogP contribution in [-0.2, 0) is 11.3 Å². The van der Waals surface area contributed by atoms with E-state index < -0.39 is 17.5 Å². The van der Waals surface area contributed by atoms with Crippen LogP contribution in [0.2, 0.25) is 0 Å². The molecule has 1 amide bonds. The highest BCUT2D eigenvalue weighted by Gasteiger charge is 2.17. The quantitative estimate of drug-likeness (QED) is 0.406. The third kappa shape index (κ3) is 4.74. The molecule has 0 saturated carbocycles. The third-order valence-corrected chi connectivity index (χ3v) is 6.01. The Hall–Kier alpha value is -3.04. The number of hydrogen-bond acceptors (Lipinski definition) is 5. The number of amides is 1. The van der Waals surface area contributed by atoms with E-state index in [1.54, 1.807) is 11.3 Å². The summed E-state index contributed by atoms with van der Waals surface area (Å²) in [6.45, 7) is 0.553. The molecule has 0 radical (unpaired) electrons. The van der Waals surface area contributed by atoms with Crippen molar-refractivity contribution in [2.75, 3.05) is 11.1 Å². The summed E-state index contributed by atoms with van der Waals surface area (Å²) in [4.78, 5) is 13.3. The summed E-state index contributed by atoms with van der Waals surface area (Å²) in [5.41, 5.74) is 1.02. The maximum Gasteiger partial charge on any atom is 0.234 e. The van der Waals surface area contributed by atoms with Gasteiger partial charge < -0.3 is 5.32 Å². The number of carbonyl (C=O) groups is 1. The molecule has 1 N–H and O–H groups in total. The lowest BCUT2D eigenvalue weighted by molar-refractivity contribution is -0.113. The Morgan fingerprint density at radius 3 is 2.63 bits per heavy atom. The molecule has 0 aliphatic rings. The molecular weight excluding hydrogens is 426 g/mol. The third-order valence-electron chi connectivity index (χ3n) is 4.18. The molecule has 0 saturated heterocycles. The van der Waals surface area contributed by atoms with Gasteiger partial charge in [0.1, 0.15) is 11.6 Å². The van der Waals surface area contributed by atoms with Gasteiger partial charge in [-0.2, -0.15) is 0 Å². The predicted molar refractivity (Wildman–Crippen MR) is 115 cm³/mol. The van der Waals surface area contributed by atoms with Crippen LogP contribution in [0.5, 0.6) is 0 Å². The van der Waals surface area contributed by atoms with Gasteiger partial charge in [-0.05, 0) is 29.1 Å². The van der Waals surface area contributed by atoms with Crippen molar-refractivity contribution in [2.24, 2.45) is 0 Å². The van der Waals surface area contributed by atoms with E-state index in [0.717, 1.165) is 28.4 Å². The largest absolute Gasteiger partial charge is 0.323 e. The number of rotatable bonds is 7. The minimum atomic E-state index is -0.819. The van der Waals surface area contributed by atoms with Crippen molar-refractivity contribution in [2.45, 2.75) is 11.7 Å². The number of anilines is 1. The van der Waals surface area contributed by atoms with Crippen molar-refractivity contribution in [3.05, 3.63) is 83.2 Å². The number of thioether (sulfide) groups is 1. The zero-order valence-corrected chi connectivity index (χ0v) is 17.2. The first-order valence-corrected chi connectivity index (χ1v) is 10.9. The maximum absolute atomic E-state index is 13.8. The van der Waals surface area contributed by atoms with E-state index in [4.69, 9.17) is 0 Å². The van der Waals surface area contributed by atoms with Crippen molar-refractivity contribution in [3.8, 4) is 10.7 Å². The molecule has 5 nitrogen and oxygen atoms in total. The van der Waals surface area contributed by atoms with Gasteiger partial charge in [-0.1, -0.05) is 48.2 Å². The van der Waals surface area contributed by atoms with E-state index in [9.17, 15) is 13.6 Å². The minimum absolute atomic E-state index is 0.00812. The summed E-state index contributed by atoms with van der Waals surface area (Å²) in [7, 11) is 0. The molecule has 2 heterocycles. The number of thiophene rings is 1. The summed E-state index contributed by atoms with van der Waals surface area (Å²) in [6, 6.07) is 16.8. The molecule has 2 aromatic heterocycles. The van der Waals surface area contributed by atoms with Gasteiger partial charge in [0.2, 0.25) is 5.91 Å². The van der Waals surface area contributed by atoms with Crippen LogP contribution < -0.4 is 5.32 Å². The van der Waals surface area contributed by atoms with Crippen molar-refractivity contribution in [1.29, 1.82) is 0 Å². The SMILES string of the molecule is O=C(CSc1nnc(-c2cccs2)n1Cc1ccccc1)Nc1ccc(F)cc1F. The molecule has 0 atom stereocenters. The number of nitrogens with zero attached hydrogens (tertiary/aromatic N) is 3. The predicted octanol–water partition coefficient (Wildman–Crippen LogP) is 5.06. The average Bonchev–Trinajstić information content (AvgIpc) is 3.39. The Morgan fingerprint density at radius 1 is 1.07 bits per heavy atom. The summed E-state index contributed by atoms with van der Waals surface area (Å²) >= 11 is 2.76. The highest BCUT2D eigenvalue weighted by atomic mass is 32.2. The van der Waals surface area contributed by atoms with Crippen molar-refractivity contribution < 1.29 is 13.6 Å². The van der Waals surface area contributed by atoms with Crippen LogP contribution >= 0.6 is 23.1 Å². The van der Waals surface area contributed by atoms with Gasteiger partial charge >= 0.3 is 0 Å². The molecule has 0 fully saturated rings. The van der Waals surface area contributed by atoms with E-state index in [-0.39, 0.29) is 11.4 Å². The first-order valence-electron chi connectivity index (χ1n) is 8.99. The summed E-state index contributed by atoms with van der Waals surface area (Å²) in [5, 5.41) is 13.6. The molecule has 0 aliphatic heterocycles. The highest BCUT2D eigenvalue weighted by Crippen LogP contribution is 2.28. The van der Waals surface area contributed by atoms with Crippen LogP contribution in [0.4, 0.5) is 14.5 Å². The monoisotopic (exact) mass is 442 g/mol. The van der Waals surface area contributed by atoms with Gasteiger partial charge in [-0.3, -0.25) is 9.36 Å². The van der Waals surface area contributed by atoms with E-state index in [1.165, 1.54) is 17.8 Å². The zero-order valence-electron chi connectivity index (χ0n) is 15.6. The number of halogens is 2. The van der Waals surface area contributed by atoms with Crippen LogP contribution in [0.3, 0.4) is 0 Å². The lowest BCUT2D eigenvalue weighted by atomic mass is 10.2. The molecule has 9 heteroatoms. The van der Waals surface area contributed by atoms with E-state index >= 15 is 0 Å². The Balaban J connectivity index is 1.51. The molecule has 0 aliphatic carbocycles. The topological polar surface area (TPSA) is 59.8 Å².